The van der Waals surface area contributed by atoms with Crippen molar-refractivity contribution in [3.63, 3.8) is 0 Å². The van der Waals surface area contributed by atoms with Gasteiger partial charge in [-0.15, -0.1) is 0 Å². The summed E-state index contributed by atoms with van der Waals surface area (Å²) in [7, 11) is 0. The second kappa shape index (κ2) is 14.9. The first kappa shape index (κ1) is 33.1. The van der Waals surface area contributed by atoms with Crippen molar-refractivity contribution in [2.24, 2.45) is 0 Å². The maximum Gasteiger partial charge on any atom is 0.163 e. The average molecular weight is 619 g/mol. The Morgan fingerprint density at radius 3 is 1.60 bits per heavy atom. The molecule has 2 heterocycles. The molecule has 2 fully saturated rings. The Kier molecular flexibility index (Phi) is 10.9. The van der Waals surface area contributed by atoms with Gasteiger partial charge in [-0.1, -0.05) is 60.7 Å². The van der Waals surface area contributed by atoms with Crippen LogP contribution in [0, 0.1) is 0 Å². The summed E-state index contributed by atoms with van der Waals surface area (Å²) in [5.74, 6) is 0.621. The molecule has 9 nitrogen and oxygen atoms in total. The van der Waals surface area contributed by atoms with Gasteiger partial charge in [0.1, 0.15) is 36.9 Å². The van der Waals surface area contributed by atoms with E-state index in [4.69, 9.17) is 9.47 Å². The van der Waals surface area contributed by atoms with Gasteiger partial charge < -0.3 is 39.7 Å². The van der Waals surface area contributed by atoms with E-state index in [0.29, 0.717) is 82.0 Å². The molecular formula is C36H46N2O7. The first-order valence-corrected chi connectivity index (χ1v) is 15.9. The maximum atomic E-state index is 12.4. The predicted molar refractivity (Wildman–Crippen MR) is 171 cm³/mol. The summed E-state index contributed by atoms with van der Waals surface area (Å²) >= 11 is 0. The van der Waals surface area contributed by atoms with Crippen molar-refractivity contribution in [1.29, 1.82) is 0 Å². The van der Waals surface area contributed by atoms with Gasteiger partial charge in [-0.05, 0) is 61.9 Å². The van der Waals surface area contributed by atoms with Crippen LogP contribution >= 0.6 is 0 Å². The first-order valence-electron chi connectivity index (χ1n) is 15.9. The molecule has 3 aromatic rings. The number of ketones is 1. The summed E-state index contributed by atoms with van der Waals surface area (Å²) in [6.45, 7) is 5.02. The molecule has 2 aliphatic heterocycles. The molecule has 0 radical (unpaired) electrons. The quantitative estimate of drug-likeness (QED) is 0.214. The summed E-state index contributed by atoms with van der Waals surface area (Å²) in [5.41, 5.74) is 0.504. The molecule has 4 N–H and O–H groups in total. The Morgan fingerprint density at radius 2 is 1.16 bits per heavy atom. The molecule has 242 valence electrons. The van der Waals surface area contributed by atoms with Crippen LogP contribution in [0.4, 0.5) is 0 Å². The van der Waals surface area contributed by atoms with Crippen LogP contribution in [0.15, 0.2) is 78.9 Å². The Bertz CT molecular complexity index is 1370. The molecule has 0 aliphatic carbocycles. The third kappa shape index (κ3) is 8.70. The normalized spacial score (nSPS) is 19.8. The van der Waals surface area contributed by atoms with Crippen LogP contribution in [0.25, 0.3) is 0 Å². The largest absolute Gasteiger partial charge is 0.491 e. The fourth-order valence-electron chi connectivity index (χ4n) is 6.36. The minimum atomic E-state index is -0.849. The summed E-state index contributed by atoms with van der Waals surface area (Å²) in [6.07, 6.45) is 0.863. The van der Waals surface area contributed by atoms with Crippen molar-refractivity contribution in [3.05, 3.63) is 95.6 Å². The SMILES string of the molecule is CC(=O)c1cc(OCC(O)CN2CCC(O)(c3ccccc3)CC2)ccc1OCC(O)CN1CCC(O)(c2ccccc2)CC1. The minimum absolute atomic E-state index is 0.0217. The molecule has 2 aliphatic rings. The Labute approximate surface area is 265 Å². The van der Waals surface area contributed by atoms with Gasteiger partial charge in [0.2, 0.25) is 0 Å². The number of aliphatic hydroxyl groups excluding tert-OH is 2. The summed E-state index contributed by atoms with van der Waals surface area (Å²) in [4.78, 5) is 16.7. The van der Waals surface area contributed by atoms with E-state index >= 15 is 0 Å². The van der Waals surface area contributed by atoms with Gasteiger partial charge in [-0.25, -0.2) is 0 Å². The third-order valence-corrected chi connectivity index (χ3v) is 9.13. The number of piperidine rings is 2. The average Bonchev–Trinajstić information content (AvgIpc) is 3.06. The van der Waals surface area contributed by atoms with E-state index in [1.54, 1.807) is 18.2 Å². The molecule has 5 rings (SSSR count). The number of hydrogen-bond acceptors (Lipinski definition) is 9. The summed E-state index contributed by atoms with van der Waals surface area (Å²) in [5, 5.41) is 43.4. The number of ether oxygens (including phenoxy) is 2. The molecule has 0 amide bonds. The Balaban J connectivity index is 1.05. The van der Waals surface area contributed by atoms with Gasteiger partial charge in [0.15, 0.2) is 5.78 Å². The molecule has 0 aromatic heterocycles. The van der Waals surface area contributed by atoms with Crippen molar-refractivity contribution in [2.45, 2.75) is 56.0 Å². The highest BCUT2D eigenvalue weighted by Crippen LogP contribution is 2.34. The highest BCUT2D eigenvalue weighted by Gasteiger charge is 2.35. The molecule has 2 saturated heterocycles. The number of rotatable bonds is 13. The molecule has 0 bridgehead atoms. The number of nitrogens with zero attached hydrogens (tertiary/aromatic N) is 2. The molecule has 2 atom stereocenters. The van der Waals surface area contributed by atoms with Gasteiger partial charge in [0.05, 0.1) is 16.8 Å². The molecule has 2 unspecified atom stereocenters. The van der Waals surface area contributed by atoms with Crippen LogP contribution in [0.5, 0.6) is 11.5 Å². The van der Waals surface area contributed by atoms with Crippen LogP contribution < -0.4 is 9.47 Å². The summed E-state index contributed by atoms with van der Waals surface area (Å²) in [6, 6.07) is 24.4. The zero-order chi connectivity index (χ0) is 31.9. The van der Waals surface area contributed by atoms with Crippen LogP contribution in [-0.2, 0) is 11.2 Å². The molecule has 0 spiro atoms. The molecule has 0 saturated carbocycles. The molecular weight excluding hydrogens is 572 g/mol. The van der Waals surface area contributed by atoms with E-state index in [-0.39, 0.29) is 19.0 Å². The topological polar surface area (TPSA) is 123 Å². The number of carbonyl (C=O) groups excluding carboxylic acids is 1. The second-order valence-corrected chi connectivity index (χ2v) is 12.5. The number of benzene rings is 3. The molecule has 9 heteroatoms. The van der Waals surface area contributed by atoms with E-state index in [2.05, 4.69) is 9.80 Å². The van der Waals surface area contributed by atoms with Gasteiger partial charge in [-0.2, -0.15) is 0 Å². The van der Waals surface area contributed by atoms with Crippen LogP contribution in [0.1, 0.15) is 54.1 Å². The van der Waals surface area contributed by atoms with Gasteiger partial charge in [0, 0.05) is 39.3 Å². The molecule has 45 heavy (non-hydrogen) atoms. The summed E-state index contributed by atoms with van der Waals surface area (Å²) < 4.78 is 11.7. The monoisotopic (exact) mass is 618 g/mol. The lowest BCUT2D eigenvalue weighted by atomic mass is 9.84. The third-order valence-electron chi connectivity index (χ3n) is 9.13. The van der Waals surface area contributed by atoms with E-state index < -0.39 is 23.4 Å². The Morgan fingerprint density at radius 1 is 0.711 bits per heavy atom. The van der Waals surface area contributed by atoms with Crippen molar-refractivity contribution in [1.82, 2.24) is 9.80 Å². The highest BCUT2D eigenvalue weighted by atomic mass is 16.5. The van der Waals surface area contributed by atoms with E-state index in [9.17, 15) is 25.2 Å². The van der Waals surface area contributed by atoms with Gasteiger partial charge in [0.25, 0.3) is 0 Å². The van der Waals surface area contributed by atoms with Crippen molar-refractivity contribution in [3.8, 4) is 11.5 Å². The number of β-amino-alcohol motifs (C(OH)–C–C–N with tert-alkyl or cyclic N) is 2. The standard InChI is InChI=1S/C36H46N2O7/c1-27(39)33-22-32(44-25-30(40)23-37-18-14-35(42,15-19-37)28-8-4-2-5-9-28)12-13-34(33)45-26-31(41)24-38-20-16-36(43,17-21-38)29-10-6-3-7-11-29/h2-13,22,30-31,40-43H,14-21,23-26H2,1H3. The first-order chi connectivity index (χ1) is 21.6. The zero-order valence-corrected chi connectivity index (χ0v) is 26.1. The van der Waals surface area contributed by atoms with Crippen LogP contribution in [0.2, 0.25) is 0 Å². The van der Waals surface area contributed by atoms with Gasteiger partial charge >= 0.3 is 0 Å². The zero-order valence-electron chi connectivity index (χ0n) is 26.1. The fourth-order valence-corrected chi connectivity index (χ4v) is 6.36. The van der Waals surface area contributed by atoms with Crippen molar-refractivity contribution in [2.75, 3.05) is 52.5 Å². The van der Waals surface area contributed by atoms with Crippen molar-refractivity contribution < 1.29 is 34.7 Å². The lowest BCUT2D eigenvalue weighted by Gasteiger charge is -2.39. The Hall–Kier alpha value is -3.31. The van der Waals surface area contributed by atoms with Gasteiger partial charge in [-0.3, -0.25) is 4.79 Å². The van der Waals surface area contributed by atoms with E-state index in [0.717, 1.165) is 11.1 Å². The number of aliphatic hydroxyl groups is 4. The van der Waals surface area contributed by atoms with Crippen molar-refractivity contribution >= 4 is 5.78 Å². The van der Waals surface area contributed by atoms with Crippen LogP contribution in [-0.4, -0.2) is 101 Å². The van der Waals surface area contributed by atoms with E-state index in [1.165, 1.54) is 6.92 Å². The number of likely N-dealkylation sites (tertiary alicyclic amines) is 2. The van der Waals surface area contributed by atoms with Crippen LogP contribution in [0.3, 0.4) is 0 Å². The van der Waals surface area contributed by atoms with E-state index in [1.807, 2.05) is 60.7 Å². The second-order valence-electron chi connectivity index (χ2n) is 12.5. The predicted octanol–water partition coefficient (Wildman–Crippen LogP) is 3.34. The lowest BCUT2D eigenvalue weighted by molar-refractivity contribution is -0.0375. The smallest absolute Gasteiger partial charge is 0.163 e. The number of Topliss-reactive ketones (excluding diaryl/α,β-unsaturated/α-hetero) is 1. The molecule has 3 aromatic carbocycles. The number of carbonyl (C=O) groups is 1. The number of hydrogen-bond donors (Lipinski definition) is 4. The maximum absolute atomic E-state index is 12.4. The lowest BCUT2D eigenvalue weighted by Crippen LogP contribution is -2.46. The fraction of sp³-hybridized carbons (Fsp3) is 0.472. The highest BCUT2D eigenvalue weighted by molar-refractivity contribution is 5.97. The minimum Gasteiger partial charge on any atom is -0.491 e.